The molecule has 0 spiro atoms. The van der Waals surface area contributed by atoms with Crippen molar-refractivity contribution < 1.29 is 13.5 Å². The molecule has 0 atom stereocenters. The van der Waals surface area contributed by atoms with Gasteiger partial charge in [-0.3, -0.25) is 0 Å². The minimum atomic E-state index is -3.56. The molecule has 2 rings (SSSR count). The van der Waals surface area contributed by atoms with Crippen LogP contribution in [-0.4, -0.2) is 38.0 Å². The summed E-state index contributed by atoms with van der Waals surface area (Å²) < 4.78 is 26.2. The van der Waals surface area contributed by atoms with Crippen LogP contribution in [0.3, 0.4) is 0 Å². The molecule has 1 aromatic rings. The van der Waals surface area contributed by atoms with Gasteiger partial charge in [0, 0.05) is 19.2 Å². The molecule has 1 fully saturated rings. The highest BCUT2D eigenvalue weighted by atomic mass is 35.5. The van der Waals surface area contributed by atoms with Crippen LogP contribution in [0.2, 0.25) is 5.02 Å². The lowest BCUT2D eigenvalue weighted by Crippen LogP contribution is -2.29. The predicted molar refractivity (Wildman–Crippen MR) is 78.0 cm³/mol. The van der Waals surface area contributed by atoms with Gasteiger partial charge in [0.2, 0.25) is 10.0 Å². The van der Waals surface area contributed by atoms with E-state index in [4.69, 9.17) is 16.7 Å². The summed E-state index contributed by atoms with van der Waals surface area (Å²) in [5, 5.41) is 8.78. The third-order valence-electron chi connectivity index (χ3n) is 3.14. The van der Waals surface area contributed by atoms with Gasteiger partial charge < -0.3 is 5.11 Å². The molecule has 0 amide bonds. The molecule has 0 aromatic heterocycles. The monoisotopic (exact) mass is 313 g/mol. The van der Waals surface area contributed by atoms with Crippen molar-refractivity contribution in [2.24, 2.45) is 5.92 Å². The van der Waals surface area contributed by atoms with Crippen LogP contribution < -0.4 is 0 Å². The molecule has 108 valence electrons. The lowest BCUT2D eigenvalue weighted by Gasteiger charge is -2.17. The Balaban J connectivity index is 2.26. The maximum Gasteiger partial charge on any atom is 0.244 e. The highest BCUT2D eigenvalue weighted by Crippen LogP contribution is 2.32. The van der Waals surface area contributed by atoms with Crippen LogP contribution in [0.15, 0.2) is 23.1 Å². The molecular weight excluding hydrogens is 298 g/mol. The van der Waals surface area contributed by atoms with Gasteiger partial charge in [-0.2, -0.15) is 0 Å². The second-order valence-corrected chi connectivity index (χ2v) is 7.25. The summed E-state index contributed by atoms with van der Waals surface area (Å²) in [7, 11) is -1.99. The predicted octanol–water partition coefficient (Wildman–Crippen LogP) is 1.71. The van der Waals surface area contributed by atoms with E-state index in [0.717, 1.165) is 12.8 Å². The SMILES string of the molecule is CN(CC1CC1)S(=O)(=O)c1ccc(C#CCO)cc1Cl. The molecule has 6 heteroatoms. The zero-order valence-corrected chi connectivity index (χ0v) is 12.7. The van der Waals surface area contributed by atoms with E-state index in [0.29, 0.717) is 18.0 Å². The highest BCUT2D eigenvalue weighted by molar-refractivity contribution is 7.89. The largest absolute Gasteiger partial charge is 0.384 e. The first-order chi connectivity index (χ1) is 9.45. The van der Waals surface area contributed by atoms with Crippen LogP contribution in [0.25, 0.3) is 0 Å². The number of aliphatic hydroxyl groups is 1. The van der Waals surface area contributed by atoms with Crippen molar-refractivity contribution in [3.05, 3.63) is 28.8 Å². The van der Waals surface area contributed by atoms with E-state index in [1.54, 1.807) is 13.1 Å². The average molecular weight is 314 g/mol. The smallest absolute Gasteiger partial charge is 0.244 e. The molecule has 0 saturated heterocycles. The Bertz CT molecular complexity index is 657. The molecule has 0 radical (unpaired) electrons. The Hall–Kier alpha value is -1.06. The van der Waals surface area contributed by atoms with E-state index >= 15 is 0 Å². The fourth-order valence-electron chi connectivity index (χ4n) is 1.86. The summed E-state index contributed by atoms with van der Waals surface area (Å²) in [5.41, 5.74) is 0.577. The maximum atomic E-state index is 12.4. The van der Waals surface area contributed by atoms with Crippen LogP contribution in [0, 0.1) is 17.8 Å². The first-order valence-electron chi connectivity index (χ1n) is 6.31. The summed E-state index contributed by atoms with van der Waals surface area (Å²) in [5.74, 6) is 5.66. The Morgan fingerprint density at radius 1 is 1.45 bits per heavy atom. The third-order valence-corrected chi connectivity index (χ3v) is 5.45. The van der Waals surface area contributed by atoms with Gasteiger partial charge in [0.15, 0.2) is 0 Å². The Morgan fingerprint density at radius 3 is 2.70 bits per heavy atom. The standard InChI is InChI=1S/C14H16ClNO3S/c1-16(10-12-4-5-12)20(18,19)14-7-6-11(3-2-8-17)9-13(14)15/h6-7,9,12,17H,4-5,8,10H2,1H3. The topological polar surface area (TPSA) is 57.6 Å². The number of hydrogen-bond donors (Lipinski definition) is 1. The fraction of sp³-hybridized carbons (Fsp3) is 0.429. The zero-order valence-electron chi connectivity index (χ0n) is 11.1. The van der Waals surface area contributed by atoms with E-state index in [1.807, 2.05) is 0 Å². The summed E-state index contributed by atoms with van der Waals surface area (Å²) in [4.78, 5) is 0.0943. The van der Waals surface area contributed by atoms with Gasteiger partial charge in [-0.15, -0.1) is 0 Å². The molecule has 0 aliphatic heterocycles. The van der Waals surface area contributed by atoms with E-state index in [2.05, 4.69) is 11.8 Å². The van der Waals surface area contributed by atoms with E-state index < -0.39 is 10.0 Å². The molecular formula is C14H16ClNO3S. The number of sulfonamides is 1. The van der Waals surface area contributed by atoms with Gasteiger partial charge in [0.05, 0.1) is 5.02 Å². The Kier molecular flexibility index (Phi) is 4.71. The van der Waals surface area contributed by atoms with E-state index in [-0.39, 0.29) is 16.5 Å². The summed E-state index contributed by atoms with van der Waals surface area (Å²) in [6.07, 6.45) is 2.17. The number of nitrogens with zero attached hydrogens (tertiary/aromatic N) is 1. The van der Waals surface area contributed by atoms with Crippen molar-refractivity contribution >= 4 is 21.6 Å². The number of aliphatic hydroxyl groups excluding tert-OH is 1. The van der Waals surface area contributed by atoms with Crippen molar-refractivity contribution in [2.45, 2.75) is 17.7 Å². The van der Waals surface area contributed by atoms with Crippen LogP contribution in [0.1, 0.15) is 18.4 Å². The van der Waals surface area contributed by atoms with Crippen molar-refractivity contribution in [3.8, 4) is 11.8 Å². The van der Waals surface area contributed by atoms with Crippen LogP contribution >= 0.6 is 11.6 Å². The van der Waals surface area contributed by atoms with Gasteiger partial charge in [0.25, 0.3) is 0 Å². The van der Waals surface area contributed by atoms with Crippen LogP contribution in [0.5, 0.6) is 0 Å². The molecule has 0 unspecified atom stereocenters. The lowest BCUT2D eigenvalue weighted by atomic mass is 10.2. The molecule has 1 saturated carbocycles. The molecule has 0 heterocycles. The fourth-order valence-corrected chi connectivity index (χ4v) is 3.62. The normalized spacial score (nSPS) is 15.0. The minimum absolute atomic E-state index is 0.0943. The lowest BCUT2D eigenvalue weighted by molar-refractivity contribution is 0.350. The molecule has 4 nitrogen and oxygen atoms in total. The Labute approximate surface area is 124 Å². The van der Waals surface area contributed by atoms with Crippen molar-refractivity contribution in [1.29, 1.82) is 0 Å². The number of halogens is 1. The molecule has 1 aliphatic carbocycles. The van der Waals surface area contributed by atoms with Gasteiger partial charge in [0.1, 0.15) is 11.5 Å². The average Bonchev–Trinajstić information content (AvgIpc) is 3.20. The summed E-state index contributed by atoms with van der Waals surface area (Å²) in [6, 6.07) is 4.55. The van der Waals surface area contributed by atoms with Gasteiger partial charge in [-0.05, 0) is 37.0 Å². The maximum absolute atomic E-state index is 12.4. The number of hydrogen-bond acceptors (Lipinski definition) is 3. The quantitative estimate of drug-likeness (QED) is 0.861. The summed E-state index contributed by atoms with van der Waals surface area (Å²) >= 11 is 6.05. The van der Waals surface area contributed by atoms with Gasteiger partial charge in [-0.1, -0.05) is 23.4 Å². The van der Waals surface area contributed by atoms with Crippen LogP contribution in [0.4, 0.5) is 0 Å². The number of rotatable bonds is 4. The van der Waals surface area contributed by atoms with Crippen LogP contribution in [-0.2, 0) is 10.0 Å². The molecule has 1 N–H and O–H groups in total. The van der Waals surface area contributed by atoms with E-state index in [1.165, 1.54) is 16.4 Å². The van der Waals surface area contributed by atoms with Gasteiger partial charge >= 0.3 is 0 Å². The zero-order chi connectivity index (χ0) is 14.8. The molecule has 0 bridgehead atoms. The second kappa shape index (κ2) is 6.15. The first kappa shape index (κ1) is 15.3. The van der Waals surface area contributed by atoms with Crippen molar-refractivity contribution in [3.63, 3.8) is 0 Å². The third kappa shape index (κ3) is 3.53. The molecule has 20 heavy (non-hydrogen) atoms. The van der Waals surface area contributed by atoms with Crippen molar-refractivity contribution in [1.82, 2.24) is 4.31 Å². The highest BCUT2D eigenvalue weighted by Gasteiger charge is 2.30. The molecule has 1 aliphatic rings. The number of benzene rings is 1. The second-order valence-electron chi connectivity index (χ2n) is 4.83. The van der Waals surface area contributed by atoms with E-state index in [9.17, 15) is 8.42 Å². The van der Waals surface area contributed by atoms with Gasteiger partial charge in [-0.25, -0.2) is 12.7 Å². The van der Waals surface area contributed by atoms with Crippen molar-refractivity contribution in [2.75, 3.05) is 20.2 Å². The first-order valence-corrected chi connectivity index (χ1v) is 8.12. The molecule has 1 aromatic carbocycles. The summed E-state index contributed by atoms with van der Waals surface area (Å²) in [6.45, 7) is 0.284. The Morgan fingerprint density at radius 2 is 2.15 bits per heavy atom. The minimum Gasteiger partial charge on any atom is -0.384 e.